The zero-order valence-electron chi connectivity index (χ0n) is 15.6. The molecule has 0 bridgehead atoms. The van der Waals surface area contributed by atoms with E-state index in [1.807, 2.05) is 17.8 Å². The highest BCUT2D eigenvalue weighted by atomic mass is 35.5. The average molecular weight is 376 g/mol. The quantitative estimate of drug-likeness (QED) is 0.552. The van der Waals surface area contributed by atoms with Crippen LogP contribution in [0.25, 0.3) is 0 Å². The van der Waals surface area contributed by atoms with Crippen molar-refractivity contribution in [2.45, 2.75) is 43.5 Å². The van der Waals surface area contributed by atoms with Crippen molar-refractivity contribution in [1.82, 2.24) is 0 Å². The first-order chi connectivity index (χ1) is 12.0. The van der Waals surface area contributed by atoms with Gasteiger partial charge in [0, 0.05) is 14.8 Å². The van der Waals surface area contributed by atoms with Crippen LogP contribution in [-0.2, 0) is 0 Å². The maximum atomic E-state index is 6.34. The Bertz CT molecular complexity index is 734. The molecule has 0 aliphatic carbocycles. The van der Waals surface area contributed by atoms with Crippen LogP contribution in [0.4, 0.5) is 11.4 Å². The number of rotatable bonds is 6. The molecule has 2 aromatic carbocycles. The molecular formula is C21H28ClN2S+. The molecule has 0 aromatic heterocycles. The molecule has 3 rings (SSSR count). The SMILES string of the molecule is CC[N+](CC)(CC)C(C)CN1c2ccccc2Sc2ccc(Cl)cc21. The Kier molecular flexibility index (Phi) is 5.67. The molecule has 0 spiro atoms. The average Bonchev–Trinajstić information content (AvgIpc) is 2.64. The van der Waals surface area contributed by atoms with E-state index in [4.69, 9.17) is 11.6 Å². The van der Waals surface area contributed by atoms with Crippen molar-refractivity contribution in [2.24, 2.45) is 0 Å². The second-order valence-corrected chi connectivity index (χ2v) is 8.33. The Balaban J connectivity index is 2.02. The minimum atomic E-state index is 0.544. The first kappa shape index (κ1) is 18.6. The predicted molar refractivity (Wildman–Crippen MR) is 110 cm³/mol. The highest BCUT2D eigenvalue weighted by Gasteiger charge is 2.33. The molecule has 134 valence electrons. The van der Waals surface area contributed by atoms with Gasteiger partial charge in [-0.3, -0.25) is 0 Å². The molecule has 0 fully saturated rings. The van der Waals surface area contributed by atoms with Gasteiger partial charge in [-0.25, -0.2) is 0 Å². The Morgan fingerprint density at radius 1 is 0.960 bits per heavy atom. The Labute approximate surface area is 161 Å². The van der Waals surface area contributed by atoms with Gasteiger partial charge in [-0.05, 0) is 58.0 Å². The number of fused-ring (bicyclic) bond motifs is 2. The van der Waals surface area contributed by atoms with Crippen molar-refractivity contribution in [3.05, 3.63) is 47.5 Å². The van der Waals surface area contributed by atoms with Gasteiger partial charge in [0.05, 0.1) is 37.6 Å². The molecule has 2 nitrogen and oxygen atoms in total. The first-order valence-corrected chi connectivity index (χ1v) is 10.4. The molecule has 1 atom stereocenters. The Hall–Kier alpha value is -1.16. The van der Waals surface area contributed by atoms with Crippen molar-refractivity contribution in [1.29, 1.82) is 0 Å². The number of likely N-dealkylation sites (N-methyl/N-ethyl adjacent to an activating group) is 1. The van der Waals surface area contributed by atoms with Crippen LogP contribution in [0.1, 0.15) is 27.7 Å². The monoisotopic (exact) mass is 375 g/mol. The highest BCUT2D eigenvalue weighted by molar-refractivity contribution is 7.99. The third kappa shape index (κ3) is 3.42. The number of nitrogens with zero attached hydrogens (tertiary/aromatic N) is 2. The third-order valence-corrected chi connectivity index (χ3v) is 7.22. The summed E-state index contributed by atoms with van der Waals surface area (Å²) in [6, 6.07) is 15.5. The molecule has 2 aromatic rings. The van der Waals surface area contributed by atoms with Crippen LogP contribution in [0.5, 0.6) is 0 Å². The maximum Gasteiger partial charge on any atom is 0.104 e. The summed E-state index contributed by atoms with van der Waals surface area (Å²) in [7, 11) is 0. The summed E-state index contributed by atoms with van der Waals surface area (Å²) in [6.45, 7) is 13.8. The van der Waals surface area contributed by atoms with Gasteiger partial charge in [-0.15, -0.1) is 0 Å². The summed E-state index contributed by atoms with van der Waals surface area (Å²) < 4.78 is 1.14. The van der Waals surface area contributed by atoms with E-state index in [1.165, 1.54) is 40.8 Å². The normalized spacial score (nSPS) is 14.8. The van der Waals surface area contributed by atoms with E-state index < -0.39 is 0 Å². The fraction of sp³-hybridized carbons (Fsp3) is 0.429. The van der Waals surface area contributed by atoms with Crippen molar-refractivity contribution in [2.75, 3.05) is 31.1 Å². The van der Waals surface area contributed by atoms with Crippen molar-refractivity contribution in [3.8, 4) is 0 Å². The molecule has 1 aliphatic heterocycles. The van der Waals surface area contributed by atoms with Gasteiger partial charge < -0.3 is 9.38 Å². The molecule has 1 heterocycles. The fourth-order valence-electron chi connectivity index (χ4n) is 4.04. The number of hydrogen-bond acceptors (Lipinski definition) is 2. The van der Waals surface area contributed by atoms with Crippen LogP contribution < -0.4 is 4.90 Å². The molecule has 1 aliphatic rings. The van der Waals surface area contributed by atoms with Crippen LogP contribution in [0, 0.1) is 0 Å². The third-order valence-electron chi connectivity index (χ3n) is 5.86. The Morgan fingerprint density at radius 2 is 1.60 bits per heavy atom. The predicted octanol–water partition coefficient (Wildman–Crippen LogP) is 6.21. The van der Waals surface area contributed by atoms with E-state index in [2.05, 4.69) is 69.0 Å². The van der Waals surface area contributed by atoms with Crippen molar-refractivity contribution in [3.63, 3.8) is 0 Å². The topological polar surface area (TPSA) is 3.24 Å². The molecule has 1 unspecified atom stereocenters. The molecule has 4 heteroatoms. The fourth-order valence-corrected chi connectivity index (χ4v) is 5.28. The molecule has 0 saturated heterocycles. The van der Waals surface area contributed by atoms with Gasteiger partial charge in [0.1, 0.15) is 6.04 Å². The lowest BCUT2D eigenvalue weighted by molar-refractivity contribution is -0.943. The first-order valence-electron chi connectivity index (χ1n) is 9.24. The molecule has 25 heavy (non-hydrogen) atoms. The largest absolute Gasteiger partial charge is 0.334 e. The summed E-state index contributed by atoms with van der Waals surface area (Å²) in [4.78, 5) is 5.09. The van der Waals surface area contributed by atoms with Crippen molar-refractivity contribution >= 4 is 34.7 Å². The van der Waals surface area contributed by atoms with Crippen LogP contribution in [0.15, 0.2) is 52.3 Å². The summed E-state index contributed by atoms with van der Waals surface area (Å²) in [5, 5.41) is 0.804. The van der Waals surface area contributed by atoms with Gasteiger partial charge in [0.15, 0.2) is 0 Å². The zero-order valence-corrected chi connectivity index (χ0v) is 17.2. The highest BCUT2D eigenvalue weighted by Crippen LogP contribution is 2.48. The lowest BCUT2D eigenvalue weighted by atomic mass is 10.1. The van der Waals surface area contributed by atoms with Gasteiger partial charge in [0.25, 0.3) is 0 Å². The zero-order chi connectivity index (χ0) is 18.0. The molecular weight excluding hydrogens is 348 g/mol. The smallest absolute Gasteiger partial charge is 0.104 e. The summed E-state index contributed by atoms with van der Waals surface area (Å²) in [5.41, 5.74) is 2.54. The van der Waals surface area contributed by atoms with E-state index in [-0.39, 0.29) is 0 Å². The van der Waals surface area contributed by atoms with Crippen LogP contribution in [0.3, 0.4) is 0 Å². The maximum absolute atomic E-state index is 6.34. The standard InChI is InChI=1S/C21H28ClN2S/c1-5-24(6-2,7-3)16(4)15-23-18-10-8-9-11-20(18)25-21-13-12-17(22)14-19(21)23/h8-14,16H,5-7,15H2,1-4H3/q+1. The number of halogens is 1. The number of anilines is 2. The summed E-state index contributed by atoms with van der Waals surface area (Å²) >= 11 is 8.18. The van der Waals surface area contributed by atoms with E-state index in [0.29, 0.717) is 6.04 Å². The van der Waals surface area contributed by atoms with Gasteiger partial charge in [0.2, 0.25) is 0 Å². The molecule has 0 N–H and O–H groups in total. The lowest BCUT2D eigenvalue weighted by Gasteiger charge is -2.44. The van der Waals surface area contributed by atoms with E-state index in [0.717, 1.165) is 16.1 Å². The number of hydrogen-bond donors (Lipinski definition) is 0. The number of quaternary nitrogens is 1. The van der Waals surface area contributed by atoms with Crippen LogP contribution in [0.2, 0.25) is 5.02 Å². The van der Waals surface area contributed by atoms with Crippen LogP contribution in [-0.4, -0.2) is 36.7 Å². The number of para-hydroxylation sites is 1. The van der Waals surface area contributed by atoms with Crippen LogP contribution >= 0.6 is 23.4 Å². The minimum Gasteiger partial charge on any atom is -0.334 e. The van der Waals surface area contributed by atoms with Gasteiger partial charge in [-0.1, -0.05) is 35.5 Å². The molecule has 0 saturated carbocycles. The number of benzene rings is 2. The van der Waals surface area contributed by atoms with Gasteiger partial charge in [-0.2, -0.15) is 0 Å². The van der Waals surface area contributed by atoms with E-state index in [9.17, 15) is 0 Å². The molecule has 0 amide bonds. The second kappa shape index (κ2) is 7.61. The second-order valence-electron chi connectivity index (χ2n) is 6.81. The van der Waals surface area contributed by atoms with Crippen molar-refractivity contribution < 1.29 is 4.48 Å². The van der Waals surface area contributed by atoms with E-state index >= 15 is 0 Å². The minimum absolute atomic E-state index is 0.544. The van der Waals surface area contributed by atoms with E-state index in [1.54, 1.807) is 0 Å². The lowest BCUT2D eigenvalue weighted by Crippen LogP contribution is -2.57. The Morgan fingerprint density at radius 3 is 2.28 bits per heavy atom. The summed E-state index contributed by atoms with van der Waals surface area (Å²) in [5.74, 6) is 0. The summed E-state index contributed by atoms with van der Waals surface area (Å²) in [6.07, 6.45) is 0. The van der Waals surface area contributed by atoms with Gasteiger partial charge >= 0.3 is 0 Å². The molecule has 0 radical (unpaired) electrons.